The van der Waals surface area contributed by atoms with Crippen LogP contribution in [0.15, 0.2) is 91.0 Å². The third-order valence-electron chi connectivity index (χ3n) is 6.09. The Hall–Kier alpha value is -4.13. The van der Waals surface area contributed by atoms with E-state index in [4.69, 9.17) is 9.47 Å². The van der Waals surface area contributed by atoms with E-state index < -0.39 is 30.1 Å². The van der Waals surface area contributed by atoms with E-state index in [0.29, 0.717) is 6.42 Å². The van der Waals surface area contributed by atoms with E-state index in [2.05, 4.69) is 10.6 Å². The van der Waals surface area contributed by atoms with Crippen molar-refractivity contribution in [3.63, 3.8) is 0 Å². The van der Waals surface area contributed by atoms with Crippen LogP contribution in [0.2, 0.25) is 0 Å². The Balaban J connectivity index is 1.67. The molecular weight excluding hydrogens is 468 g/mol. The summed E-state index contributed by atoms with van der Waals surface area (Å²) >= 11 is 0. The molecule has 0 fully saturated rings. The zero-order valence-corrected chi connectivity index (χ0v) is 21.3. The van der Waals surface area contributed by atoms with Gasteiger partial charge in [-0.05, 0) is 22.6 Å². The number of carbonyl (C=O) groups excluding carboxylic acids is 3. The number of hydrogen-bond donors (Lipinski definition) is 2. The van der Waals surface area contributed by atoms with Crippen LogP contribution in [0, 0.1) is 5.92 Å². The highest BCUT2D eigenvalue weighted by atomic mass is 16.5. The van der Waals surface area contributed by atoms with Crippen molar-refractivity contribution in [2.45, 2.75) is 52.0 Å². The van der Waals surface area contributed by atoms with Crippen LogP contribution in [0.5, 0.6) is 0 Å². The summed E-state index contributed by atoms with van der Waals surface area (Å²) in [4.78, 5) is 38.9. The van der Waals surface area contributed by atoms with E-state index in [-0.39, 0.29) is 25.6 Å². The number of rotatable bonds is 12. The topological polar surface area (TPSA) is 93.7 Å². The van der Waals surface area contributed by atoms with Crippen molar-refractivity contribution in [3.05, 3.63) is 108 Å². The fourth-order valence-electron chi connectivity index (χ4n) is 3.73. The van der Waals surface area contributed by atoms with E-state index in [9.17, 15) is 14.4 Å². The number of ether oxygens (including phenoxy) is 2. The first-order chi connectivity index (χ1) is 18.0. The molecule has 7 nitrogen and oxygen atoms in total. The summed E-state index contributed by atoms with van der Waals surface area (Å²) in [5.74, 6) is -1.21. The van der Waals surface area contributed by atoms with Crippen LogP contribution in [0.25, 0.3) is 0 Å². The predicted octanol–water partition coefficient (Wildman–Crippen LogP) is 4.80. The maximum absolute atomic E-state index is 13.3. The first-order valence-corrected chi connectivity index (χ1v) is 12.5. The lowest BCUT2D eigenvalue weighted by molar-refractivity contribution is -0.149. The molecule has 0 aliphatic heterocycles. The van der Waals surface area contributed by atoms with E-state index in [1.807, 2.05) is 105 Å². The van der Waals surface area contributed by atoms with Crippen LogP contribution in [0.1, 0.15) is 37.0 Å². The fraction of sp³-hybridized carbons (Fsp3) is 0.300. The summed E-state index contributed by atoms with van der Waals surface area (Å²) in [5, 5.41) is 5.49. The second kappa shape index (κ2) is 14.4. The summed E-state index contributed by atoms with van der Waals surface area (Å²) in [6.45, 7) is 3.98. The minimum atomic E-state index is -0.924. The molecule has 2 N–H and O–H groups in total. The predicted molar refractivity (Wildman–Crippen MR) is 141 cm³/mol. The standard InChI is InChI=1S/C30H34N2O5/c1-3-22(2)27(32-30(35)37-21-25-17-11-6-12-18-25)28(33)31-26(19-23-13-7-4-8-14-23)29(34)36-20-24-15-9-5-10-16-24/h4-18,22,26-27H,3,19-21H2,1-2H3,(H,31,33)(H,32,35)/t22-,26-,27+/m0/s1. The Morgan fingerprint density at radius 3 is 1.70 bits per heavy atom. The van der Waals surface area contributed by atoms with Crippen molar-refractivity contribution in [2.75, 3.05) is 0 Å². The molecule has 0 aliphatic rings. The first-order valence-electron chi connectivity index (χ1n) is 12.5. The molecule has 194 valence electrons. The average molecular weight is 503 g/mol. The molecule has 0 aromatic heterocycles. The number of amides is 2. The molecule has 0 unspecified atom stereocenters. The largest absolute Gasteiger partial charge is 0.459 e. The summed E-state index contributed by atoms with van der Waals surface area (Å²) in [6.07, 6.45) is 0.195. The van der Waals surface area contributed by atoms with Gasteiger partial charge in [0.25, 0.3) is 0 Å². The smallest absolute Gasteiger partial charge is 0.408 e. The first kappa shape index (κ1) is 27.5. The third-order valence-corrected chi connectivity index (χ3v) is 6.09. The minimum absolute atomic E-state index is 0.0873. The van der Waals surface area contributed by atoms with Crippen molar-refractivity contribution in [1.82, 2.24) is 10.6 Å². The van der Waals surface area contributed by atoms with Crippen LogP contribution in [0.4, 0.5) is 4.79 Å². The van der Waals surface area contributed by atoms with Gasteiger partial charge in [-0.3, -0.25) is 4.79 Å². The lowest BCUT2D eigenvalue weighted by Gasteiger charge is -2.26. The fourth-order valence-corrected chi connectivity index (χ4v) is 3.73. The van der Waals surface area contributed by atoms with E-state index in [1.165, 1.54) is 0 Å². The van der Waals surface area contributed by atoms with Gasteiger partial charge in [0, 0.05) is 6.42 Å². The molecule has 0 spiro atoms. The Morgan fingerprint density at radius 2 is 1.19 bits per heavy atom. The van der Waals surface area contributed by atoms with Gasteiger partial charge in [0.2, 0.25) is 5.91 Å². The second-order valence-electron chi connectivity index (χ2n) is 8.91. The highest BCUT2D eigenvalue weighted by Crippen LogP contribution is 2.12. The Kier molecular flexibility index (Phi) is 10.7. The molecular formula is C30H34N2O5. The number of carbonyl (C=O) groups is 3. The maximum atomic E-state index is 13.3. The molecule has 2 amide bonds. The molecule has 0 heterocycles. The van der Waals surface area contributed by atoms with Crippen molar-refractivity contribution < 1.29 is 23.9 Å². The second-order valence-corrected chi connectivity index (χ2v) is 8.91. The number of hydrogen-bond acceptors (Lipinski definition) is 5. The van der Waals surface area contributed by atoms with E-state index >= 15 is 0 Å². The molecule has 3 aromatic rings. The van der Waals surface area contributed by atoms with Gasteiger partial charge < -0.3 is 20.1 Å². The molecule has 0 saturated heterocycles. The molecule has 3 rings (SSSR count). The van der Waals surface area contributed by atoms with Gasteiger partial charge in [0.1, 0.15) is 25.3 Å². The van der Waals surface area contributed by atoms with E-state index in [1.54, 1.807) is 0 Å². The van der Waals surface area contributed by atoms with Crippen LogP contribution in [0.3, 0.4) is 0 Å². The molecule has 0 radical (unpaired) electrons. The Morgan fingerprint density at radius 1 is 0.703 bits per heavy atom. The summed E-state index contributed by atoms with van der Waals surface area (Å²) < 4.78 is 10.9. The Bertz CT molecular complexity index is 1120. The quantitative estimate of drug-likeness (QED) is 0.347. The monoisotopic (exact) mass is 502 g/mol. The van der Waals surface area contributed by atoms with Crippen LogP contribution >= 0.6 is 0 Å². The van der Waals surface area contributed by atoms with E-state index in [0.717, 1.165) is 16.7 Å². The lowest BCUT2D eigenvalue weighted by Crippen LogP contribution is -2.54. The highest BCUT2D eigenvalue weighted by Gasteiger charge is 2.31. The van der Waals surface area contributed by atoms with Crippen molar-refractivity contribution in [2.24, 2.45) is 5.92 Å². The maximum Gasteiger partial charge on any atom is 0.408 e. The van der Waals surface area contributed by atoms with Crippen molar-refractivity contribution in [3.8, 4) is 0 Å². The normalized spacial score (nSPS) is 13.0. The zero-order chi connectivity index (χ0) is 26.5. The molecule has 37 heavy (non-hydrogen) atoms. The molecule has 0 bridgehead atoms. The number of alkyl carbamates (subject to hydrolysis) is 1. The molecule has 3 aromatic carbocycles. The highest BCUT2D eigenvalue weighted by molar-refractivity contribution is 5.90. The minimum Gasteiger partial charge on any atom is -0.459 e. The summed E-state index contributed by atoms with van der Waals surface area (Å²) in [6, 6.07) is 26.2. The number of benzene rings is 3. The lowest BCUT2D eigenvalue weighted by atomic mass is 9.97. The van der Waals surface area contributed by atoms with Gasteiger partial charge >= 0.3 is 12.1 Å². The summed E-state index contributed by atoms with van der Waals surface area (Å²) in [7, 11) is 0. The van der Waals surface area contributed by atoms with Gasteiger partial charge in [0.15, 0.2) is 0 Å². The van der Waals surface area contributed by atoms with Gasteiger partial charge in [-0.2, -0.15) is 0 Å². The average Bonchev–Trinajstić information content (AvgIpc) is 2.94. The third kappa shape index (κ3) is 9.11. The zero-order valence-electron chi connectivity index (χ0n) is 21.3. The molecule has 7 heteroatoms. The van der Waals surface area contributed by atoms with Crippen LogP contribution < -0.4 is 10.6 Å². The van der Waals surface area contributed by atoms with Gasteiger partial charge in [0.05, 0.1) is 0 Å². The number of nitrogens with one attached hydrogen (secondary N) is 2. The SMILES string of the molecule is CC[C@H](C)[C@@H](NC(=O)OCc1ccccc1)C(=O)N[C@@H](Cc1ccccc1)C(=O)OCc1ccccc1. The number of esters is 1. The Labute approximate surface area is 218 Å². The van der Waals surface area contributed by atoms with Gasteiger partial charge in [-0.25, -0.2) is 9.59 Å². The molecule has 0 saturated carbocycles. The van der Waals surface area contributed by atoms with Crippen molar-refractivity contribution in [1.29, 1.82) is 0 Å². The molecule has 3 atom stereocenters. The van der Waals surface area contributed by atoms with Crippen LogP contribution in [-0.2, 0) is 38.7 Å². The van der Waals surface area contributed by atoms with Gasteiger partial charge in [-0.1, -0.05) is 111 Å². The van der Waals surface area contributed by atoms with Crippen LogP contribution in [-0.4, -0.2) is 30.1 Å². The van der Waals surface area contributed by atoms with Crippen molar-refractivity contribution >= 4 is 18.0 Å². The summed E-state index contributed by atoms with van der Waals surface area (Å²) in [5.41, 5.74) is 2.56. The van der Waals surface area contributed by atoms with Gasteiger partial charge in [-0.15, -0.1) is 0 Å². The molecule has 0 aliphatic carbocycles.